The Morgan fingerprint density at radius 2 is 1.52 bits per heavy atom. The maximum atomic E-state index is 12.4. The zero-order chi connectivity index (χ0) is 19.2. The van der Waals surface area contributed by atoms with E-state index < -0.39 is 17.7 Å². The van der Waals surface area contributed by atoms with Crippen molar-refractivity contribution in [2.75, 3.05) is 31.5 Å². The number of nitrogens with zero attached hydrogens (tertiary/aromatic N) is 2. The first-order valence-corrected chi connectivity index (χ1v) is 8.79. The first-order valence-electron chi connectivity index (χ1n) is 8.79. The van der Waals surface area contributed by atoms with Gasteiger partial charge in [0.05, 0.1) is 0 Å². The minimum atomic E-state index is -0.682. The lowest BCUT2D eigenvalue weighted by Gasteiger charge is -2.34. The largest absolute Gasteiger partial charge is 0.366 e. The molecule has 0 unspecified atom stereocenters. The first-order chi connectivity index (χ1) is 13.0. The van der Waals surface area contributed by atoms with Gasteiger partial charge in [-0.1, -0.05) is 30.3 Å². The molecule has 2 aromatic rings. The van der Waals surface area contributed by atoms with Crippen molar-refractivity contribution in [3.63, 3.8) is 0 Å². The van der Waals surface area contributed by atoms with E-state index in [9.17, 15) is 14.4 Å². The van der Waals surface area contributed by atoms with E-state index in [0.717, 1.165) is 19.6 Å². The second-order valence-corrected chi connectivity index (χ2v) is 6.45. The van der Waals surface area contributed by atoms with Crippen molar-refractivity contribution in [1.29, 1.82) is 0 Å². The molecule has 1 aliphatic rings. The molecule has 0 saturated carbocycles. The van der Waals surface area contributed by atoms with Crippen LogP contribution in [0.1, 0.15) is 15.9 Å². The van der Waals surface area contributed by atoms with E-state index >= 15 is 0 Å². The molecule has 27 heavy (non-hydrogen) atoms. The molecule has 7 heteroatoms. The number of nitrogens with one attached hydrogen (secondary N) is 1. The minimum Gasteiger partial charge on any atom is -0.366 e. The Kier molecular flexibility index (Phi) is 5.83. The summed E-state index contributed by atoms with van der Waals surface area (Å²) in [4.78, 5) is 39.4. The zero-order valence-corrected chi connectivity index (χ0v) is 14.9. The minimum absolute atomic E-state index is 0.342. The summed E-state index contributed by atoms with van der Waals surface area (Å²) in [5.74, 6) is -1.77. The lowest BCUT2D eigenvalue weighted by Crippen LogP contribution is -2.51. The fourth-order valence-electron chi connectivity index (χ4n) is 3.00. The molecular formula is C20H22N4O3. The number of amides is 3. The Bertz CT molecular complexity index is 813. The zero-order valence-electron chi connectivity index (χ0n) is 14.9. The standard InChI is InChI=1S/C20H22N4O3/c21-18(25)16-6-8-17(9-7-16)22-19(26)20(27)24-12-10-23(11-13-24)14-15-4-2-1-3-5-15/h1-9H,10-14H2,(H2,21,25)(H,22,26). The Morgan fingerprint density at radius 3 is 2.11 bits per heavy atom. The number of nitrogens with two attached hydrogens (primary N) is 1. The van der Waals surface area contributed by atoms with Crippen LogP contribution in [0.3, 0.4) is 0 Å². The summed E-state index contributed by atoms with van der Waals surface area (Å²) in [6.07, 6.45) is 0. The molecule has 3 amide bonds. The third kappa shape index (κ3) is 4.92. The lowest BCUT2D eigenvalue weighted by atomic mass is 10.2. The van der Waals surface area contributed by atoms with Gasteiger partial charge in [-0.2, -0.15) is 0 Å². The molecule has 1 aliphatic heterocycles. The van der Waals surface area contributed by atoms with E-state index in [1.165, 1.54) is 17.7 Å². The summed E-state index contributed by atoms with van der Waals surface area (Å²) >= 11 is 0. The molecule has 0 aliphatic carbocycles. The van der Waals surface area contributed by atoms with Gasteiger partial charge in [-0.3, -0.25) is 19.3 Å². The molecule has 3 N–H and O–H groups in total. The van der Waals surface area contributed by atoms with E-state index in [2.05, 4.69) is 22.3 Å². The van der Waals surface area contributed by atoms with Gasteiger partial charge < -0.3 is 16.0 Å². The van der Waals surface area contributed by atoms with Crippen molar-refractivity contribution in [2.45, 2.75) is 6.54 Å². The van der Waals surface area contributed by atoms with E-state index in [1.54, 1.807) is 17.0 Å². The number of carbonyl (C=O) groups excluding carboxylic acids is 3. The summed E-state index contributed by atoms with van der Waals surface area (Å²) in [7, 11) is 0. The van der Waals surface area contributed by atoms with Gasteiger partial charge in [0.2, 0.25) is 5.91 Å². The van der Waals surface area contributed by atoms with Crippen molar-refractivity contribution in [1.82, 2.24) is 9.80 Å². The number of hydrogen-bond acceptors (Lipinski definition) is 4. The molecule has 140 valence electrons. The quantitative estimate of drug-likeness (QED) is 0.791. The highest BCUT2D eigenvalue weighted by molar-refractivity contribution is 6.39. The predicted molar refractivity (Wildman–Crippen MR) is 102 cm³/mol. The Hall–Kier alpha value is -3.19. The van der Waals surface area contributed by atoms with Crippen molar-refractivity contribution >= 4 is 23.4 Å². The van der Waals surface area contributed by atoms with Crippen LogP contribution in [-0.4, -0.2) is 53.7 Å². The molecule has 0 spiro atoms. The van der Waals surface area contributed by atoms with Gasteiger partial charge in [0.25, 0.3) is 0 Å². The SMILES string of the molecule is NC(=O)c1ccc(NC(=O)C(=O)N2CCN(Cc3ccccc3)CC2)cc1. The van der Waals surface area contributed by atoms with E-state index in [1.807, 2.05) is 18.2 Å². The van der Waals surface area contributed by atoms with Gasteiger partial charge in [-0.25, -0.2) is 0 Å². The number of anilines is 1. The van der Waals surface area contributed by atoms with Gasteiger partial charge in [0.15, 0.2) is 0 Å². The molecule has 3 rings (SSSR count). The lowest BCUT2D eigenvalue weighted by molar-refractivity contribution is -0.144. The van der Waals surface area contributed by atoms with Gasteiger partial charge >= 0.3 is 11.8 Å². The number of piperazine rings is 1. The highest BCUT2D eigenvalue weighted by Crippen LogP contribution is 2.11. The molecule has 2 aromatic carbocycles. The van der Waals surface area contributed by atoms with Crippen LogP contribution < -0.4 is 11.1 Å². The molecule has 0 atom stereocenters. The van der Waals surface area contributed by atoms with Crippen LogP contribution in [0.25, 0.3) is 0 Å². The molecule has 0 bridgehead atoms. The molecule has 1 fully saturated rings. The third-order valence-electron chi connectivity index (χ3n) is 4.53. The number of hydrogen-bond donors (Lipinski definition) is 2. The fraction of sp³-hybridized carbons (Fsp3) is 0.250. The molecule has 0 radical (unpaired) electrons. The van der Waals surface area contributed by atoms with E-state index in [-0.39, 0.29) is 0 Å². The smallest absolute Gasteiger partial charge is 0.313 e. The maximum absolute atomic E-state index is 12.4. The third-order valence-corrected chi connectivity index (χ3v) is 4.53. The monoisotopic (exact) mass is 366 g/mol. The van der Waals surface area contributed by atoms with E-state index in [4.69, 9.17) is 5.73 Å². The van der Waals surface area contributed by atoms with Crippen LogP contribution in [-0.2, 0) is 16.1 Å². The average molecular weight is 366 g/mol. The summed E-state index contributed by atoms with van der Waals surface area (Å²) in [6, 6.07) is 16.3. The topological polar surface area (TPSA) is 95.7 Å². The Morgan fingerprint density at radius 1 is 0.889 bits per heavy atom. The average Bonchev–Trinajstić information content (AvgIpc) is 2.69. The van der Waals surface area contributed by atoms with E-state index in [0.29, 0.717) is 24.3 Å². The molecule has 7 nitrogen and oxygen atoms in total. The fourth-order valence-corrected chi connectivity index (χ4v) is 3.00. The van der Waals surface area contributed by atoms with Crippen LogP contribution in [0, 0.1) is 0 Å². The van der Waals surface area contributed by atoms with Crippen LogP contribution in [0.4, 0.5) is 5.69 Å². The second-order valence-electron chi connectivity index (χ2n) is 6.45. The van der Waals surface area contributed by atoms with Crippen molar-refractivity contribution < 1.29 is 14.4 Å². The highest BCUT2D eigenvalue weighted by Gasteiger charge is 2.26. The van der Waals surface area contributed by atoms with Crippen LogP contribution in [0.2, 0.25) is 0 Å². The van der Waals surface area contributed by atoms with Crippen LogP contribution in [0.15, 0.2) is 54.6 Å². The van der Waals surface area contributed by atoms with Crippen molar-refractivity contribution in [2.24, 2.45) is 5.73 Å². The van der Waals surface area contributed by atoms with Crippen LogP contribution >= 0.6 is 0 Å². The molecule has 0 aromatic heterocycles. The summed E-state index contributed by atoms with van der Waals surface area (Å²) in [6.45, 7) is 3.31. The predicted octanol–water partition coefficient (Wildman–Crippen LogP) is 1.07. The Balaban J connectivity index is 1.49. The second kappa shape index (κ2) is 8.46. The van der Waals surface area contributed by atoms with Gasteiger partial charge in [0.1, 0.15) is 0 Å². The molecule has 1 saturated heterocycles. The summed E-state index contributed by atoms with van der Waals surface area (Å²) in [5.41, 5.74) is 7.20. The molecular weight excluding hydrogens is 344 g/mol. The molecule has 1 heterocycles. The Labute approximate surface area is 157 Å². The normalized spacial score (nSPS) is 14.6. The number of primary amides is 1. The summed E-state index contributed by atoms with van der Waals surface area (Å²) < 4.78 is 0. The van der Waals surface area contributed by atoms with Crippen LogP contribution in [0.5, 0.6) is 0 Å². The number of carbonyl (C=O) groups is 3. The maximum Gasteiger partial charge on any atom is 0.313 e. The van der Waals surface area contributed by atoms with Crippen molar-refractivity contribution in [3.05, 3.63) is 65.7 Å². The highest BCUT2D eigenvalue weighted by atomic mass is 16.2. The first kappa shape index (κ1) is 18.6. The van der Waals surface area contributed by atoms with Gasteiger partial charge in [0, 0.05) is 44.0 Å². The van der Waals surface area contributed by atoms with Gasteiger partial charge in [-0.15, -0.1) is 0 Å². The van der Waals surface area contributed by atoms with Crippen molar-refractivity contribution in [3.8, 4) is 0 Å². The summed E-state index contributed by atoms with van der Waals surface area (Å²) in [5, 5.41) is 2.56. The number of rotatable bonds is 4. The van der Waals surface area contributed by atoms with Gasteiger partial charge in [-0.05, 0) is 29.8 Å². The number of benzene rings is 2.